The van der Waals surface area contributed by atoms with Crippen molar-refractivity contribution in [2.24, 2.45) is 0 Å². The quantitative estimate of drug-likeness (QED) is 0.539. The second kappa shape index (κ2) is 3.00. The molecule has 2 rings (SSSR count). The van der Waals surface area contributed by atoms with Gasteiger partial charge in [0.05, 0.1) is 6.04 Å². The molecule has 2 N–H and O–H groups in total. The molecule has 0 spiro atoms. The van der Waals surface area contributed by atoms with E-state index in [9.17, 15) is 4.79 Å². The van der Waals surface area contributed by atoms with E-state index in [0.29, 0.717) is 6.04 Å². The molecule has 0 aliphatic carbocycles. The van der Waals surface area contributed by atoms with Crippen LogP contribution in [-0.4, -0.2) is 30.1 Å². The molecule has 2 amide bonds. The second-order valence-corrected chi connectivity index (χ2v) is 2.47. The van der Waals surface area contributed by atoms with Crippen molar-refractivity contribution in [3.63, 3.8) is 0 Å². The molecule has 4 nitrogen and oxygen atoms in total. The number of nitrogens with zero attached hydrogens (tertiary/aromatic N) is 1. The monoisotopic (exact) mass is 175 g/mol. The van der Waals surface area contributed by atoms with Gasteiger partial charge in [0.15, 0.2) is 0 Å². The highest BCUT2D eigenvalue weighted by molar-refractivity contribution is 5.85. The highest BCUT2D eigenvalue weighted by Crippen LogP contribution is 2.08. The van der Waals surface area contributed by atoms with Gasteiger partial charge in [-0.15, -0.1) is 12.4 Å². The summed E-state index contributed by atoms with van der Waals surface area (Å²) in [6.45, 7) is 1.62. The van der Waals surface area contributed by atoms with Crippen molar-refractivity contribution in [3.8, 4) is 0 Å². The number of urea groups is 1. The molecule has 0 aromatic carbocycles. The van der Waals surface area contributed by atoms with E-state index in [1.807, 2.05) is 0 Å². The molecular weight excluding hydrogens is 166 g/mol. The van der Waals surface area contributed by atoms with Gasteiger partial charge in [-0.05, 0) is 0 Å². The molecular formula is C6H10ClN3O. The van der Waals surface area contributed by atoms with Gasteiger partial charge in [0.25, 0.3) is 0 Å². The number of rotatable bonds is 0. The van der Waals surface area contributed by atoms with Gasteiger partial charge in [-0.25, -0.2) is 4.79 Å². The summed E-state index contributed by atoms with van der Waals surface area (Å²) in [5.74, 6) is 0. The first-order valence-electron chi connectivity index (χ1n) is 3.34. The Morgan fingerprint density at radius 2 is 2.36 bits per heavy atom. The van der Waals surface area contributed by atoms with Crippen molar-refractivity contribution in [2.75, 3.05) is 13.1 Å². The number of halogens is 1. The fourth-order valence-corrected chi connectivity index (χ4v) is 1.26. The van der Waals surface area contributed by atoms with Crippen LogP contribution >= 0.6 is 12.4 Å². The Labute approximate surface area is 71.0 Å². The van der Waals surface area contributed by atoms with Crippen LogP contribution in [0.25, 0.3) is 0 Å². The van der Waals surface area contributed by atoms with E-state index in [-0.39, 0.29) is 18.4 Å². The van der Waals surface area contributed by atoms with Gasteiger partial charge >= 0.3 is 6.03 Å². The molecule has 11 heavy (non-hydrogen) atoms. The summed E-state index contributed by atoms with van der Waals surface area (Å²) in [5, 5.41) is 5.82. The number of fused-ring (bicyclic) bond motifs is 1. The van der Waals surface area contributed by atoms with Crippen LogP contribution in [0.4, 0.5) is 4.79 Å². The van der Waals surface area contributed by atoms with Crippen molar-refractivity contribution in [3.05, 3.63) is 12.4 Å². The maximum atomic E-state index is 10.9. The van der Waals surface area contributed by atoms with Crippen molar-refractivity contribution >= 4 is 18.4 Å². The summed E-state index contributed by atoms with van der Waals surface area (Å²) in [6.07, 6.45) is 3.57. The minimum atomic E-state index is 0. The largest absolute Gasteiger partial charge is 0.388 e. The standard InChI is InChI=1S/C6H9N3O.ClH/c10-6-8-4-5-3-7-1-2-9(5)6;/h1-2,5,7H,3-4H2,(H,8,10);1H. The van der Waals surface area contributed by atoms with Gasteiger partial charge in [-0.2, -0.15) is 0 Å². The number of carbonyl (C=O) groups excluding carboxylic acids is 1. The van der Waals surface area contributed by atoms with E-state index in [1.54, 1.807) is 17.3 Å². The highest BCUT2D eigenvalue weighted by Gasteiger charge is 2.29. The Bertz CT molecular complexity index is 192. The Morgan fingerprint density at radius 3 is 3.09 bits per heavy atom. The molecule has 62 valence electrons. The number of amides is 2. The lowest BCUT2D eigenvalue weighted by molar-refractivity contribution is 0.221. The third kappa shape index (κ3) is 1.26. The SMILES string of the molecule is Cl.O=C1NCC2CNC=CN12. The first kappa shape index (κ1) is 8.20. The summed E-state index contributed by atoms with van der Waals surface area (Å²) in [4.78, 5) is 12.7. The summed E-state index contributed by atoms with van der Waals surface area (Å²) >= 11 is 0. The van der Waals surface area contributed by atoms with Gasteiger partial charge in [0.2, 0.25) is 0 Å². The van der Waals surface area contributed by atoms with Gasteiger partial charge in [-0.1, -0.05) is 0 Å². The van der Waals surface area contributed by atoms with Gasteiger partial charge < -0.3 is 10.6 Å². The third-order valence-electron chi connectivity index (χ3n) is 1.82. The molecule has 0 saturated carbocycles. The number of nitrogens with one attached hydrogen (secondary N) is 2. The summed E-state index contributed by atoms with van der Waals surface area (Å²) in [5.41, 5.74) is 0. The molecule has 1 atom stereocenters. The smallest absolute Gasteiger partial charge is 0.321 e. The van der Waals surface area contributed by atoms with Crippen LogP contribution in [0.2, 0.25) is 0 Å². The van der Waals surface area contributed by atoms with E-state index in [2.05, 4.69) is 10.6 Å². The number of hydrogen-bond acceptors (Lipinski definition) is 2. The molecule has 0 aromatic heterocycles. The zero-order chi connectivity index (χ0) is 6.97. The van der Waals surface area contributed by atoms with Gasteiger partial charge in [0, 0.05) is 25.5 Å². The van der Waals surface area contributed by atoms with Crippen LogP contribution in [0.1, 0.15) is 0 Å². The molecule has 2 aliphatic heterocycles. The van der Waals surface area contributed by atoms with Crippen molar-refractivity contribution in [1.29, 1.82) is 0 Å². The molecule has 1 unspecified atom stereocenters. The zero-order valence-electron chi connectivity index (χ0n) is 5.91. The minimum absolute atomic E-state index is 0. The molecule has 0 bridgehead atoms. The molecule has 5 heteroatoms. The first-order valence-corrected chi connectivity index (χ1v) is 3.34. The lowest BCUT2D eigenvalue weighted by atomic mass is 10.3. The van der Waals surface area contributed by atoms with E-state index in [1.165, 1.54) is 0 Å². The first-order chi connectivity index (χ1) is 4.88. The predicted molar refractivity (Wildman–Crippen MR) is 43.4 cm³/mol. The molecule has 1 fully saturated rings. The van der Waals surface area contributed by atoms with Crippen LogP contribution < -0.4 is 10.6 Å². The van der Waals surface area contributed by atoms with E-state index in [4.69, 9.17) is 0 Å². The zero-order valence-corrected chi connectivity index (χ0v) is 6.73. The Hall–Kier alpha value is -0.900. The summed E-state index contributed by atoms with van der Waals surface area (Å²) < 4.78 is 0. The third-order valence-corrected chi connectivity index (χ3v) is 1.82. The van der Waals surface area contributed by atoms with Crippen LogP contribution in [0.15, 0.2) is 12.4 Å². The maximum Gasteiger partial charge on any atom is 0.321 e. The van der Waals surface area contributed by atoms with Crippen molar-refractivity contribution in [1.82, 2.24) is 15.5 Å². The van der Waals surface area contributed by atoms with E-state index in [0.717, 1.165) is 13.1 Å². The average molecular weight is 176 g/mol. The van der Waals surface area contributed by atoms with E-state index >= 15 is 0 Å². The normalized spacial score (nSPS) is 26.7. The molecule has 2 heterocycles. The van der Waals surface area contributed by atoms with Crippen LogP contribution in [0.5, 0.6) is 0 Å². The van der Waals surface area contributed by atoms with Crippen LogP contribution in [-0.2, 0) is 0 Å². The minimum Gasteiger partial charge on any atom is -0.388 e. The second-order valence-electron chi connectivity index (χ2n) is 2.47. The number of hydrogen-bond donors (Lipinski definition) is 2. The van der Waals surface area contributed by atoms with Crippen molar-refractivity contribution < 1.29 is 4.79 Å². The summed E-state index contributed by atoms with van der Waals surface area (Å²) in [7, 11) is 0. The highest BCUT2D eigenvalue weighted by atomic mass is 35.5. The van der Waals surface area contributed by atoms with Gasteiger partial charge in [-0.3, -0.25) is 4.90 Å². The lowest BCUT2D eigenvalue weighted by Crippen LogP contribution is -2.39. The Morgan fingerprint density at radius 1 is 1.55 bits per heavy atom. The van der Waals surface area contributed by atoms with E-state index < -0.39 is 0 Å². The molecule has 2 aliphatic rings. The topological polar surface area (TPSA) is 44.4 Å². The molecule has 0 aromatic rings. The van der Waals surface area contributed by atoms with Gasteiger partial charge in [0.1, 0.15) is 0 Å². The molecule has 1 saturated heterocycles. The fourth-order valence-electron chi connectivity index (χ4n) is 1.26. The maximum absolute atomic E-state index is 10.9. The number of carbonyl (C=O) groups is 1. The van der Waals surface area contributed by atoms with Crippen LogP contribution in [0.3, 0.4) is 0 Å². The average Bonchev–Trinajstić information content (AvgIpc) is 2.34. The summed E-state index contributed by atoms with van der Waals surface area (Å²) in [6, 6.07) is 0.334. The Balaban J connectivity index is 0.000000605. The van der Waals surface area contributed by atoms with Crippen LogP contribution in [0, 0.1) is 0 Å². The van der Waals surface area contributed by atoms with Crippen molar-refractivity contribution in [2.45, 2.75) is 6.04 Å². The molecule has 0 radical (unpaired) electrons. The predicted octanol–water partition coefficient (Wildman–Crippen LogP) is -0.124. The lowest BCUT2D eigenvalue weighted by Gasteiger charge is -2.22. The Kier molecular flexibility index (Phi) is 2.24. The fraction of sp³-hybridized carbons (Fsp3) is 0.500.